The lowest BCUT2D eigenvalue weighted by molar-refractivity contribution is -0.274. The summed E-state index contributed by atoms with van der Waals surface area (Å²) in [6.45, 7) is 0. The molecular weight excluding hydrogens is 283 g/mol. The summed E-state index contributed by atoms with van der Waals surface area (Å²) in [6.07, 6.45) is -7.22. The van der Waals surface area contributed by atoms with Crippen LogP contribution in [0, 0.1) is 0 Å². The Morgan fingerprint density at radius 1 is 1.32 bits per heavy atom. The Balaban J connectivity index is 2.96. The van der Waals surface area contributed by atoms with Crippen molar-refractivity contribution in [3.8, 4) is 5.75 Å². The molecule has 0 aliphatic heterocycles. The molecule has 19 heavy (non-hydrogen) atoms. The molecule has 0 spiro atoms. The van der Waals surface area contributed by atoms with Crippen LogP contribution in [0.5, 0.6) is 5.75 Å². The molecule has 1 aromatic rings. The van der Waals surface area contributed by atoms with Crippen LogP contribution in [0.1, 0.15) is 18.1 Å². The summed E-state index contributed by atoms with van der Waals surface area (Å²) in [7, 11) is 0. The zero-order valence-electron chi connectivity index (χ0n) is 9.76. The Bertz CT molecular complexity index is 428. The predicted octanol–water partition coefficient (Wildman–Crippen LogP) is 1.88. The minimum atomic E-state index is -4.83. The zero-order chi connectivity index (χ0) is 14.6. The maximum atomic E-state index is 12.1. The lowest BCUT2D eigenvalue weighted by Crippen LogP contribution is -2.21. The third-order valence-corrected chi connectivity index (χ3v) is 2.66. The van der Waals surface area contributed by atoms with Gasteiger partial charge < -0.3 is 20.7 Å². The number of halogens is 3. The van der Waals surface area contributed by atoms with Crippen LogP contribution in [0.2, 0.25) is 0 Å². The molecule has 0 saturated carbocycles. The molecule has 4 nitrogen and oxygen atoms in total. The van der Waals surface area contributed by atoms with Gasteiger partial charge in [-0.3, -0.25) is 0 Å². The Morgan fingerprint density at radius 2 is 1.95 bits per heavy atom. The molecule has 2 unspecified atom stereocenters. The first-order valence-corrected chi connectivity index (χ1v) is 6.00. The number of hydrogen-bond donors (Lipinski definition) is 4. The van der Waals surface area contributed by atoms with E-state index in [1.165, 1.54) is 6.07 Å². The topological polar surface area (TPSA) is 75.7 Å². The molecular formula is C11H14F3NO3S. The average molecular weight is 297 g/mol. The molecule has 0 aromatic heterocycles. The second-order valence-electron chi connectivity index (χ2n) is 3.86. The molecule has 0 saturated heterocycles. The summed E-state index contributed by atoms with van der Waals surface area (Å²) in [5, 5.41) is 19.4. The lowest BCUT2D eigenvalue weighted by atomic mass is 10.0. The molecule has 1 rings (SSSR count). The van der Waals surface area contributed by atoms with E-state index in [0.717, 1.165) is 12.1 Å². The zero-order valence-corrected chi connectivity index (χ0v) is 10.7. The second-order valence-corrected chi connectivity index (χ2v) is 4.31. The Morgan fingerprint density at radius 3 is 2.47 bits per heavy atom. The SMILES string of the molecule is Nc1ccc(OC(F)(F)F)cc1C(O)C(O)CCS. The largest absolute Gasteiger partial charge is 0.573 e. The van der Waals surface area contributed by atoms with E-state index in [4.69, 9.17) is 5.73 Å². The first-order valence-electron chi connectivity index (χ1n) is 5.36. The first kappa shape index (κ1) is 15.9. The number of nitrogen functional groups attached to an aromatic ring is 1. The maximum Gasteiger partial charge on any atom is 0.573 e. The van der Waals surface area contributed by atoms with E-state index in [1.54, 1.807) is 0 Å². The number of benzene rings is 1. The molecule has 4 N–H and O–H groups in total. The molecule has 0 aliphatic rings. The third-order valence-electron chi connectivity index (χ3n) is 2.40. The highest BCUT2D eigenvalue weighted by Gasteiger charge is 2.31. The molecule has 0 radical (unpaired) electrons. The van der Waals surface area contributed by atoms with Gasteiger partial charge in [0.15, 0.2) is 0 Å². The summed E-state index contributed by atoms with van der Waals surface area (Å²) in [6, 6.07) is 3.16. The van der Waals surface area contributed by atoms with Crippen LogP contribution in [0.3, 0.4) is 0 Å². The van der Waals surface area contributed by atoms with Gasteiger partial charge >= 0.3 is 6.36 Å². The molecule has 0 heterocycles. The van der Waals surface area contributed by atoms with Crippen molar-refractivity contribution in [3.63, 3.8) is 0 Å². The van der Waals surface area contributed by atoms with Gasteiger partial charge in [-0.05, 0) is 30.4 Å². The molecule has 0 amide bonds. The van der Waals surface area contributed by atoms with Gasteiger partial charge in [-0.2, -0.15) is 12.6 Å². The lowest BCUT2D eigenvalue weighted by Gasteiger charge is -2.20. The van der Waals surface area contributed by atoms with Gasteiger partial charge in [0.2, 0.25) is 0 Å². The summed E-state index contributed by atoms with van der Waals surface area (Å²) in [5.74, 6) is -0.189. The van der Waals surface area contributed by atoms with Gasteiger partial charge in [0.25, 0.3) is 0 Å². The average Bonchev–Trinajstić information content (AvgIpc) is 2.29. The molecule has 0 aliphatic carbocycles. The van der Waals surface area contributed by atoms with Gasteiger partial charge in [-0.1, -0.05) is 0 Å². The fourth-order valence-electron chi connectivity index (χ4n) is 1.50. The fourth-order valence-corrected chi connectivity index (χ4v) is 1.77. The molecule has 1 aromatic carbocycles. The monoisotopic (exact) mass is 297 g/mol. The van der Waals surface area contributed by atoms with E-state index in [-0.39, 0.29) is 17.7 Å². The number of anilines is 1. The fraction of sp³-hybridized carbons (Fsp3) is 0.455. The van der Waals surface area contributed by atoms with Crippen LogP contribution in [0.15, 0.2) is 18.2 Å². The van der Waals surface area contributed by atoms with Crippen LogP contribution in [-0.2, 0) is 0 Å². The van der Waals surface area contributed by atoms with E-state index in [1.807, 2.05) is 0 Å². The van der Waals surface area contributed by atoms with Gasteiger partial charge in [-0.15, -0.1) is 13.2 Å². The van der Waals surface area contributed by atoms with Crippen molar-refractivity contribution in [1.82, 2.24) is 0 Å². The standard InChI is InChI=1S/C11H14F3NO3S/c12-11(13,14)18-6-1-2-8(15)7(5-6)10(17)9(16)3-4-19/h1-2,5,9-10,16-17,19H,3-4,15H2. The highest BCUT2D eigenvalue weighted by atomic mass is 32.1. The number of hydrogen-bond acceptors (Lipinski definition) is 5. The highest BCUT2D eigenvalue weighted by molar-refractivity contribution is 7.80. The van der Waals surface area contributed by atoms with E-state index in [9.17, 15) is 23.4 Å². The molecule has 0 bridgehead atoms. The molecule has 108 valence electrons. The second kappa shape index (κ2) is 6.36. The van der Waals surface area contributed by atoms with Gasteiger partial charge in [0, 0.05) is 11.3 Å². The van der Waals surface area contributed by atoms with Crippen molar-refractivity contribution in [2.24, 2.45) is 0 Å². The van der Waals surface area contributed by atoms with Gasteiger partial charge in [0.1, 0.15) is 11.9 Å². The van der Waals surface area contributed by atoms with E-state index in [0.29, 0.717) is 5.75 Å². The Hall–Kier alpha value is -1.12. The van der Waals surface area contributed by atoms with Crippen molar-refractivity contribution in [1.29, 1.82) is 0 Å². The number of aliphatic hydroxyl groups is 2. The quantitative estimate of drug-likeness (QED) is 0.494. The minimum absolute atomic E-state index is 0.0176. The Labute approximate surface area is 113 Å². The summed E-state index contributed by atoms with van der Waals surface area (Å²) in [4.78, 5) is 0. The van der Waals surface area contributed by atoms with Crippen molar-refractivity contribution in [2.45, 2.75) is 25.0 Å². The van der Waals surface area contributed by atoms with E-state index >= 15 is 0 Å². The van der Waals surface area contributed by atoms with Gasteiger partial charge in [-0.25, -0.2) is 0 Å². The molecule has 8 heteroatoms. The van der Waals surface area contributed by atoms with Crippen molar-refractivity contribution in [3.05, 3.63) is 23.8 Å². The normalized spacial score (nSPS) is 15.1. The smallest absolute Gasteiger partial charge is 0.406 e. The highest BCUT2D eigenvalue weighted by Crippen LogP contribution is 2.31. The minimum Gasteiger partial charge on any atom is -0.406 e. The van der Waals surface area contributed by atoms with E-state index in [2.05, 4.69) is 17.4 Å². The van der Waals surface area contributed by atoms with Gasteiger partial charge in [0.05, 0.1) is 6.10 Å². The van der Waals surface area contributed by atoms with E-state index < -0.39 is 24.3 Å². The van der Waals surface area contributed by atoms with Crippen molar-refractivity contribution < 1.29 is 28.1 Å². The number of thiol groups is 1. The van der Waals surface area contributed by atoms with Crippen LogP contribution >= 0.6 is 12.6 Å². The number of rotatable bonds is 5. The third kappa shape index (κ3) is 4.81. The summed E-state index contributed by atoms with van der Waals surface area (Å²) in [5.41, 5.74) is 5.61. The van der Waals surface area contributed by atoms with Crippen LogP contribution in [-0.4, -0.2) is 28.4 Å². The number of alkyl halides is 3. The summed E-state index contributed by atoms with van der Waals surface area (Å²) < 4.78 is 40.0. The number of aliphatic hydroxyl groups excluding tert-OH is 2. The number of ether oxygens (including phenoxy) is 1. The Kier molecular flexibility index (Phi) is 5.33. The summed E-state index contributed by atoms with van der Waals surface area (Å²) >= 11 is 3.89. The predicted molar refractivity (Wildman–Crippen MR) is 67.0 cm³/mol. The van der Waals surface area contributed by atoms with Crippen LogP contribution < -0.4 is 10.5 Å². The van der Waals surface area contributed by atoms with Crippen molar-refractivity contribution >= 4 is 18.3 Å². The molecule has 0 fully saturated rings. The first-order chi connectivity index (χ1) is 8.74. The van der Waals surface area contributed by atoms with Crippen molar-refractivity contribution in [2.75, 3.05) is 11.5 Å². The van der Waals surface area contributed by atoms with Crippen LogP contribution in [0.25, 0.3) is 0 Å². The maximum absolute atomic E-state index is 12.1. The number of nitrogens with two attached hydrogens (primary N) is 1. The van der Waals surface area contributed by atoms with Crippen LogP contribution in [0.4, 0.5) is 18.9 Å². The molecule has 2 atom stereocenters.